The van der Waals surface area contributed by atoms with E-state index in [9.17, 15) is 0 Å². The lowest BCUT2D eigenvalue weighted by Gasteiger charge is -2.32. The molecule has 2 aromatic rings. The Bertz CT molecular complexity index is 646. The minimum atomic E-state index is 0.143. The van der Waals surface area contributed by atoms with Gasteiger partial charge in [-0.1, -0.05) is 23.2 Å². The first-order valence-electron chi connectivity index (χ1n) is 6.98. The van der Waals surface area contributed by atoms with Crippen LogP contribution in [-0.4, -0.2) is 29.4 Å². The molecule has 1 aromatic heterocycles. The minimum absolute atomic E-state index is 0.143. The normalized spacial score (nSPS) is 15.9. The van der Waals surface area contributed by atoms with Crippen LogP contribution in [-0.2, 0) is 0 Å². The first-order valence-corrected chi connectivity index (χ1v) is 8.81. The van der Waals surface area contributed by atoms with Crippen molar-refractivity contribution in [1.82, 2.24) is 10.2 Å². The van der Waals surface area contributed by atoms with Crippen LogP contribution in [0.4, 0.5) is 5.82 Å². The van der Waals surface area contributed by atoms with Gasteiger partial charge in [0.1, 0.15) is 15.6 Å². The van der Waals surface area contributed by atoms with E-state index in [2.05, 4.69) is 37.7 Å². The van der Waals surface area contributed by atoms with Gasteiger partial charge in [-0.15, -0.1) is 10.2 Å². The Morgan fingerprint density at radius 3 is 2.55 bits per heavy atom. The first-order chi connectivity index (χ1) is 10.6. The van der Waals surface area contributed by atoms with Crippen LogP contribution in [0.1, 0.15) is 12.8 Å². The summed E-state index contributed by atoms with van der Waals surface area (Å²) in [7, 11) is 0. The third-order valence-electron chi connectivity index (χ3n) is 3.57. The van der Waals surface area contributed by atoms with Crippen LogP contribution in [0.15, 0.2) is 30.3 Å². The van der Waals surface area contributed by atoms with Crippen molar-refractivity contribution < 1.29 is 4.74 Å². The monoisotopic (exact) mass is 449 g/mol. The van der Waals surface area contributed by atoms with E-state index in [1.54, 1.807) is 18.2 Å². The minimum Gasteiger partial charge on any atom is -0.489 e. The van der Waals surface area contributed by atoms with Crippen LogP contribution in [0.25, 0.3) is 0 Å². The van der Waals surface area contributed by atoms with Gasteiger partial charge in [-0.3, -0.25) is 0 Å². The van der Waals surface area contributed by atoms with Gasteiger partial charge in [0.25, 0.3) is 0 Å². The summed E-state index contributed by atoms with van der Waals surface area (Å²) >= 11 is 14.3. The zero-order chi connectivity index (χ0) is 15.5. The number of anilines is 1. The maximum absolute atomic E-state index is 6.14. The van der Waals surface area contributed by atoms with E-state index in [0.29, 0.717) is 15.8 Å². The second kappa shape index (κ2) is 7.19. The predicted octanol–water partition coefficient (Wildman–Crippen LogP) is 4.44. The van der Waals surface area contributed by atoms with Gasteiger partial charge in [0.05, 0.1) is 5.02 Å². The zero-order valence-corrected chi connectivity index (χ0v) is 15.3. The van der Waals surface area contributed by atoms with Crippen LogP contribution in [0.2, 0.25) is 10.0 Å². The second-order valence-corrected chi connectivity index (χ2v) is 7.04. The molecule has 3 rings (SSSR count). The lowest BCUT2D eigenvalue weighted by Crippen LogP contribution is -2.38. The van der Waals surface area contributed by atoms with E-state index in [1.807, 2.05) is 12.1 Å². The Labute approximate surface area is 152 Å². The molecule has 7 heteroatoms. The van der Waals surface area contributed by atoms with Gasteiger partial charge < -0.3 is 9.64 Å². The maximum atomic E-state index is 6.14. The molecule has 0 bridgehead atoms. The fourth-order valence-electron chi connectivity index (χ4n) is 2.43. The van der Waals surface area contributed by atoms with Crippen molar-refractivity contribution in [2.75, 3.05) is 18.0 Å². The molecule has 0 amide bonds. The fourth-order valence-corrected chi connectivity index (χ4v) is 3.04. The number of nitrogens with zero attached hydrogens (tertiary/aromatic N) is 3. The molecular weight excluding hydrogens is 436 g/mol. The lowest BCUT2D eigenvalue weighted by molar-refractivity contribution is 0.171. The molecule has 22 heavy (non-hydrogen) atoms. The molecule has 1 aliphatic heterocycles. The average molecular weight is 450 g/mol. The lowest BCUT2D eigenvalue weighted by atomic mass is 10.1. The summed E-state index contributed by atoms with van der Waals surface area (Å²) in [5.74, 6) is 1.57. The largest absolute Gasteiger partial charge is 0.489 e. The smallest absolute Gasteiger partial charge is 0.151 e. The van der Waals surface area contributed by atoms with Crippen LogP contribution in [0.5, 0.6) is 5.75 Å². The zero-order valence-electron chi connectivity index (χ0n) is 11.7. The SMILES string of the molecule is Clc1ccc(Cl)c(OC2CCN(c3ccc(I)nn3)CC2)c1. The van der Waals surface area contributed by atoms with Crippen molar-refractivity contribution in [2.45, 2.75) is 18.9 Å². The van der Waals surface area contributed by atoms with E-state index in [-0.39, 0.29) is 6.10 Å². The highest BCUT2D eigenvalue weighted by Crippen LogP contribution is 2.30. The van der Waals surface area contributed by atoms with Crippen LogP contribution in [0.3, 0.4) is 0 Å². The summed E-state index contributed by atoms with van der Waals surface area (Å²) in [4.78, 5) is 2.22. The summed E-state index contributed by atoms with van der Waals surface area (Å²) in [5.41, 5.74) is 0. The number of aromatic nitrogens is 2. The Morgan fingerprint density at radius 2 is 1.86 bits per heavy atom. The van der Waals surface area contributed by atoms with Crippen molar-refractivity contribution in [3.63, 3.8) is 0 Å². The van der Waals surface area contributed by atoms with Crippen molar-refractivity contribution in [2.24, 2.45) is 0 Å². The quantitative estimate of drug-likeness (QED) is 0.649. The van der Waals surface area contributed by atoms with Gasteiger partial charge in [-0.2, -0.15) is 0 Å². The van der Waals surface area contributed by atoms with Gasteiger partial charge >= 0.3 is 0 Å². The molecule has 0 spiro atoms. The van der Waals surface area contributed by atoms with Gasteiger partial charge in [-0.05, 0) is 46.9 Å². The molecular formula is C15H14Cl2IN3O. The number of hydrogen-bond donors (Lipinski definition) is 0. The van der Waals surface area contributed by atoms with E-state index in [0.717, 1.165) is 35.4 Å². The van der Waals surface area contributed by atoms with E-state index in [4.69, 9.17) is 27.9 Å². The Balaban J connectivity index is 1.60. The molecule has 0 atom stereocenters. The van der Waals surface area contributed by atoms with Crippen molar-refractivity contribution >= 4 is 51.6 Å². The highest BCUT2D eigenvalue weighted by Gasteiger charge is 2.22. The summed E-state index contributed by atoms with van der Waals surface area (Å²) in [6, 6.07) is 9.26. The highest BCUT2D eigenvalue weighted by atomic mass is 127. The molecule has 2 heterocycles. The molecule has 0 saturated carbocycles. The van der Waals surface area contributed by atoms with Gasteiger partial charge in [-0.25, -0.2) is 0 Å². The van der Waals surface area contributed by atoms with Gasteiger partial charge in [0.15, 0.2) is 5.82 Å². The molecule has 1 aromatic carbocycles. The van der Waals surface area contributed by atoms with Gasteiger partial charge in [0, 0.05) is 37.0 Å². The summed E-state index contributed by atoms with van der Waals surface area (Å²) in [6.45, 7) is 1.77. The van der Waals surface area contributed by atoms with Crippen LogP contribution >= 0.6 is 45.8 Å². The predicted molar refractivity (Wildman–Crippen MR) is 97.1 cm³/mol. The molecule has 0 radical (unpaired) electrons. The van der Waals surface area contributed by atoms with E-state index < -0.39 is 0 Å². The Kier molecular flexibility index (Phi) is 5.25. The number of ether oxygens (including phenoxy) is 1. The van der Waals surface area contributed by atoms with Gasteiger partial charge in [0.2, 0.25) is 0 Å². The summed E-state index contributed by atoms with van der Waals surface area (Å²) in [5, 5.41) is 9.54. The topological polar surface area (TPSA) is 38.2 Å². The number of rotatable bonds is 3. The molecule has 0 unspecified atom stereocenters. The van der Waals surface area contributed by atoms with Crippen LogP contribution in [0, 0.1) is 3.70 Å². The third kappa shape index (κ3) is 3.94. The van der Waals surface area contributed by atoms with Crippen molar-refractivity contribution in [3.05, 3.63) is 44.1 Å². The first kappa shape index (κ1) is 16.1. The fraction of sp³-hybridized carbons (Fsp3) is 0.333. The van der Waals surface area contributed by atoms with E-state index in [1.165, 1.54) is 0 Å². The molecule has 0 N–H and O–H groups in total. The molecule has 116 valence electrons. The third-order valence-corrected chi connectivity index (χ3v) is 4.69. The number of hydrogen-bond acceptors (Lipinski definition) is 4. The number of benzene rings is 1. The highest BCUT2D eigenvalue weighted by molar-refractivity contribution is 14.1. The number of halogens is 3. The summed E-state index contributed by atoms with van der Waals surface area (Å²) in [6.07, 6.45) is 1.97. The molecule has 1 aliphatic rings. The molecule has 4 nitrogen and oxygen atoms in total. The second-order valence-electron chi connectivity index (χ2n) is 5.09. The molecule has 1 fully saturated rings. The summed E-state index contributed by atoms with van der Waals surface area (Å²) < 4.78 is 6.89. The Morgan fingerprint density at radius 1 is 1.09 bits per heavy atom. The van der Waals surface area contributed by atoms with Crippen molar-refractivity contribution in [1.29, 1.82) is 0 Å². The van der Waals surface area contributed by atoms with Crippen LogP contribution < -0.4 is 9.64 Å². The van der Waals surface area contributed by atoms with Crippen molar-refractivity contribution in [3.8, 4) is 5.75 Å². The standard InChI is InChI=1S/C15H14Cl2IN3O/c16-10-1-2-12(17)13(9-10)22-11-5-7-21(8-6-11)15-4-3-14(18)19-20-15/h1-4,9,11H,5-8H2. The van der Waals surface area contributed by atoms with E-state index >= 15 is 0 Å². The Hall–Kier alpha value is -0.790. The molecule has 0 aliphatic carbocycles. The molecule has 1 saturated heterocycles. The number of piperidine rings is 1. The average Bonchev–Trinajstić information content (AvgIpc) is 2.53. The maximum Gasteiger partial charge on any atom is 0.151 e.